The third kappa shape index (κ3) is 6.76. The van der Waals surface area contributed by atoms with Crippen molar-refractivity contribution in [2.45, 2.75) is 25.3 Å². The minimum atomic E-state index is -0.942. The molecule has 4 N–H and O–H groups in total. The summed E-state index contributed by atoms with van der Waals surface area (Å²) in [6, 6.07) is 9.23. The molecule has 0 aromatic heterocycles. The quantitative estimate of drug-likeness (QED) is 0.586. The average molecular weight is 293 g/mol. The summed E-state index contributed by atoms with van der Waals surface area (Å²) in [7, 11) is 2.00. The molecule has 6 heteroatoms. The average Bonchev–Trinajstić information content (AvgIpc) is 2.49. The van der Waals surface area contributed by atoms with E-state index in [2.05, 4.69) is 10.2 Å². The number of carbonyl (C=O) groups excluding carboxylic acids is 1. The van der Waals surface area contributed by atoms with Gasteiger partial charge in [-0.2, -0.15) is 0 Å². The third-order valence-electron chi connectivity index (χ3n) is 3.17. The molecule has 0 aliphatic rings. The van der Waals surface area contributed by atoms with Gasteiger partial charge in [-0.05, 0) is 25.0 Å². The molecule has 1 aromatic rings. The fraction of sp³-hybridized carbons (Fsp3) is 0.467. The number of nitrogens with zero attached hydrogens (tertiary/aromatic N) is 1. The fourth-order valence-electron chi connectivity index (χ4n) is 1.88. The highest BCUT2D eigenvalue weighted by Crippen LogP contribution is 2.10. The molecule has 1 atom stereocenters. The number of amides is 1. The van der Waals surface area contributed by atoms with Crippen LogP contribution in [0.1, 0.15) is 19.3 Å². The second-order valence-electron chi connectivity index (χ2n) is 4.94. The summed E-state index contributed by atoms with van der Waals surface area (Å²) in [5, 5.41) is 11.3. The number of para-hydroxylation sites is 1. The van der Waals surface area contributed by atoms with E-state index in [-0.39, 0.29) is 18.7 Å². The number of carbonyl (C=O) groups is 2. The van der Waals surface area contributed by atoms with Crippen LogP contribution in [0.4, 0.5) is 5.69 Å². The number of anilines is 1. The van der Waals surface area contributed by atoms with Crippen molar-refractivity contribution in [2.75, 3.05) is 25.0 Å². The Morgan fingerprint density at radius 2 is 2.00 bits per heavy atom. The molecule has 21 heavy (non-hydrogen) atoms. The maximum atomic E-state index is 11.6. The zero-order valence-electron chi connectivity index (χ0n) is 12.3. The minimum absolute atomic E-state index is 0.0919. The van der Waals surface area contributed by atoms with Crippen LogP contribution in [0.2, 0.25) is 0 Å². The van der Waals surface area contributed by atoms with E-state index < -0.39 is 12.0 Å². The highest BCUT2D eigenvalue weighted by Gasteiger charge is 2.14. The van der Waals surface area contributed by atoms with Gasteiger partial charge >= 0.3 is 5.97 Å². The zero-order chi connectivity index (χ0) is 15.7. The number of carboxylic acid groups (broad SMARTS) is 1. The van der Waals surface area contributed by atoms with Crippen LogP contribution in [-0.4, -0.2) is 43.2 Å². The van der Waals surface area contributed by atoms with Gasteiger partial charge in [-0.25, -0.2) is 0 Å². The fourth-order valence-corrected chi connectivity index (χ4v) is 1.88. The van der Waals surface area contributed by atoms with Crippen LogP contribution in [0.3, 0.4) is 0 Å². The van der Waals surface area contributed by atoms with Crippen LogP contribution < -0.4 is 16.0 Å². The Bertz CT molecular complexity index is 451. The molecule has 1 rings (SSSR count). The summed E-state index contributed by atoms with van der Waals surface area (Å²) < 4.78 is 0. The smallest absolute Gasteiger partial charge is 0.303 e. The Morgan fingerprint density at radius 3 is 2.62 bits per heavy atom. The Balaban J connectivity index is 2.18. The van der Waals surface area contributed by atoms with Crippen LogP contribution in [0, 0.1) is 0 Å². The normalized spacial score (nSPS) is 11.7. The molecule has 116 valence electrons. The van der Waals surface area contributed by atoms with Crippen molar-refractivity contribution in [3.63, 3.8) is 0 Å². The van der Waals surface area contributed by atoms with E-state index in [4.69, 9.17) is 10.8 Å². The van der Waals surface area contributed by atoms with E-state index in [1.165, 1.54) is 0 Å². The first kappa shape index (κ1) is 17.0. The van der Waals surface area contributed by atoms with E-state index in [1.807, 2.05) is 37.4 Å². The standard InChI is InChI=1S/C15H23N3O3/c1-18(12-6-3-2-4-7-12)11-5-10-17-15(21)13(16)8-9-14(19)20/h2-4,6-7,13H,5,8-11,16H2,1H3,(H,17,21)(H,19,20). The predicted molar refractivity (Wildman–Crippen MR) is 82.2 cm³/mol. The van der Waals surface area contributed by atoms with Gasteiger partial charge < -0.3 is 21.1 Å². The molecule has 0 saturated carbocycles. The summed E-state index contributed by atoms with van der Waals surface area (Å²) in [5.41, 5.74) is 6.74. The lowest BCUT2D eigenvalue weighted by atomic mass is 10.1. The molecule has 1 amide bonds. The van der Waals surface area contributed by atoms with E-state index in [9.17, 15) is 9.59 Å². The second kappa shape index (κ2) is 8.97. The van der Waals surface area contributed by atoms with Crippen molar-refractivity contribution < 1.29 is 14.7 Å². The summed E-state index contributed by atoms with van der Waals surface area (Å²) in [6.45, 7) is 1.34. The summed E-state index contributed by atoms with van der Waals surface area (Å²) in [5.74, 6) is -1.23. The molecule has 0 bridgehead atoms. The molecule has 1 aromatic carbocycles. The van der Waals surface area contributed by atoms with E-state index in [0.717, 1.165) is 18.7 Å². The van der Waals surface area contributed by atoms with Gasteiger partial charge in [0.1, 0.15) is 0 Å². The number of nitrogens with two attached hydrogens (primary N) is 1. The van der Waals surface area contributed by atoms with E-state index in [1.54, 1.807) is 0 Å². The number of carboxylic acids is 1. The Hall–Kier alpha value is -2.08. The Kier molecular flexibility index (Phi) is 7.25. The number of benzene rings is 1. The number of nitrogens with one attached hydrogen (secondary N) is 1. The number of aliphatic carboxylic acids is 1. The highest BCUT2D eigenvalue weighted by molar-refractivity contribution is 5.82. The minimum Gasteiger partial charge on any atom is -0.481 e. The summed E-state index contributed by atoms with van der Waals surface area (Å²) >= 11 is 0. The zero-order valence-corrected chi connectivity index (χ0v) is 12.3. The molecular formula is C15H23N3O3. The molecule has 0 aliphatic heterocycles. The van der Waals surface area contributed by atoms with Crippen LogP contribution in [0.5, 0.6) is 0 Å². The van der Waals surface area contributed by atoms with Crippen molar-refractivity contribution in [3.8, 4) is 0 Å². The van der Waals surface area contributed by atoms with Gasteiger partial charge in [0.2, 0.25) is 5.91 Å². The molecule has 0 heterocycles. The number of hydrogen-bond acceptors (Lipinski definition) is 4. The van der Waals surface area contributed by atoms with Crippen molar-refractivity contribution in [3.05, 3.63) is 30.3 Å². The lowest BCUT2D eigenvalue weighted by molar-refractivity contribution is -0.137. The lowest BCUT2D eigenvalue weighted by Crippen LogP contribution is -2.41. The molecule has 0 aliphatic carbocycles. The topological polar surface area (TPSA) is 95.7 Å². The molecular weight excluding hydrogens is 270 g/mol. The maximum Gasteiger partial charge on any atom is 0.303 e. The van der Waals surface area contributed by atoms with Crippen molar-refractivity contribution in [1.29, 1.82) is 0 Å². The lowest BCUT2D eigenvalue weighted by Gasteiger charge is -2.19. The predicted octanol–water partition coefficient (Wildman–Crippen LogP) is 0.821. The number of rotatable bonds is 9. The molecule has 0 fully saturated rings. The van der Waals surface area contributed by atoms with Crippen molar-refractivity contribution in [2.24, 2.45) is 5.73 Å². The summed E-state index contributed by atoms with van der Waals surface area (Å²) in [4.78, 5) is 24.1. The third-order valence-corrected chi connectivity index (χ3v) is 3.17. The molecule has 0 spiro atoms. The van der Waals surface area contributed by atoms with Crippen molar-refractivity contribution in [1.82, 2.24) is 5.32 Å². The maximum absolute atomic E-state index is 11.6. The van der Waals surface area contributed by atoms with Gasteiger partial charge in [0.15, 0.2) is 0 Å². The first-order chi connectivity index (χ1) is 10.0. The first-order valence-electron chi connectivity index (χ1n) is 7.02. The van der Waals surface area contributed by atoms with E-state index in [0.29, 0.717) is 6.54 Å². The largest absolute Gasteiger partial charge is 0.481 e. The molecule has 6 nitrogen and oxygen atoms in total. The monoisotopic (exact) mass is 293 g/mol. The van der Waals surface area contributed by atoms with Gasteiger partial charge in [0.25, 0.3) is 0 Å². The molecule has 0 saturated heterocycles. The van der Waals surface area contributed by atoms with Gasteiger partial charge in [-0.1, -0.05) is 18.2 Å². The Morgan fingerprint density at radius 1 is 1.33 bits per heavy atom. The summed E-state index contributed by atoms with van der Waals surface area (Å²) in [6.07, 6.45) is 0.860. The van der Waals surface area contributed by atoms with Gasteiger partial charge in [-0.15, -0.1) is 0 Å². The highest BCUT2D eigenvalue weighted by atomic mass is 16.4. The molecule has 1 unspecified atom stereocenters. The SMILES string of the molecule is CN(CCCNC(=O)C(N)CCC(=O)O)c1ccccc1. The molecule has 0 radical (unpaired) electrons. The number of hydrogen-bond donors (Lipinski definition) is 3. The van der Waals surface area contributed by atoms with E-state index >= 15 is 0 Å². The van der Waals surface area contributed by atoms with Crippen molar-refractivity contribution >= 4 is 17.6 Å². The Labute approximate surface area is 124 Å². The second-order valence-corrected chi connectivity index (χ2v) is 4.94. The van der Waals surface area contributed by atoms with Crippen LogP contribution in [-0.2, 0) is 9.59 Å². The van der Waals surface area contributed by atoms with Gasteiger partial charge in [0, 0.05) is 32.2 Å². The van der Waals surface area contributed by atoms with Gasteiger partial charge in [0.05, 0.1) is 6.04 Å². The van der Waals surface area contributed by atoms with Crippen LogP contribution in [0.25, 0.3) is 0 Å². The first-order valence-corrected chi connectivity index (χ1v) is 7.02. The van der Waals surface area contributed by atoms with Crippen LogP contribution in [0.15, 0.2) is 30.3 Å². The van der Waals surface area contributed by atoms with Crippen LogP contribution >= 0.6 is 0 Å². The van der Waals surface area contributed by atoms with Gasteiger partial charge in [-0.3, -0.25) is 9.59 Å².